The summed E-state index contributed by atoms with van der Waals surface area (Å²) in [7, 11) is 1.75. The average Bonchev–Trinajstić information content (AvgIpc) is 2.82. The summed E-state index contributed by atoms with van der Waals surface area (Å²) in [5.74, 6) is 1.51. The second-order valence-electron chi connectivity index (χ2n) is 4.53. The van der Waals surface area contributed by atoms with Crippen molar-refractivity contribution in [2.75, 3.05) is 7.11 Å². The van der Waals surface area contributed by atoms with Gasteiger partial charge < -0.3 is 4.74 Å². The van der Waals surface area contributed by atoms with Gasteiger partial charge >= 0.3 is 0 Å². The summed E-state index contributed by atoms with van der Waals surface area (Å²) >= 11 is 0. The van der Waals surface area contributed by atoms with Crippen molar-refractivity contribution in [1.29, 1.82) is 0 Å². The number of para-hydroxylation sites is 1. The molecule has 0 fully saturated rings. The minimum Gasteiger partial charge on any atom is -0.496 e. The molecule has 1 heteroatoms. The van der Waals surface area contributed by atoms with Gasteiger partial charge in [0, 0.05) is 11.5 Å². The predicted octanol–water partition coefficient (Wildman–Crippen LogP) is 3.77. The number of rotatable bonds is 2. The molecule has 86 valence electrons. The molecule has 1 atom stereocenters. The summed E-state index contributed by atoms with van der Waals surface area (Å²) in [4.78, 5) is 0. The van der Waals surface area contributed by atoms with Gasteiger partial charge in [0.1, 0.15) is 5.75 Å². The van der Waals surface area contributed by atoms with Crippen LogP contribution in [0.2, 0.25) is 0 Å². The molecule has 0 spiro atoms. The fourth-order valence-electron chi connectivity index (χ4n) is 2.83. The molecule has 0 aromatic heterocycles. The Hall–Kier alpha value is -1.76. The zero-order valence-corrected chi connectivity index (χ0v) is 10.0. The van der Waals surface area contributed by atoms with Gasteiger partial charge in [0.25, 0.3) is 0 Å². The molecule has 0 N–H and O–H groups in total. The maximum atomic E-state index is 5.47. The van der Waals surface area contributed by atoms with Gasteiger partial charge in [-0.15, -0.1) is 0 Å². The van der Waals surface area contributed by atoms with Crippen molar-refractivity contribution >= 4 is 0 Å². The van der Waals surface area contributed by atoms with Gasteiger partial charge in [0.05, 0.1) is 7.11 Å². The molecular weight excluding hydrogens is 208 g/mol. The van der Waals surface area contributed by atoms with Crippen LogP contribution >= 0.6 is 0 Å². The van der Waals surface area contributed by atoms with Crippen molar-refractivity contribution in [3.05, 3.63) is 65.2 Å². The van der Waals surface area contributed by atoms with E-state index in [0.717, 1.165) is 5.75 Å². The van der Waals surface area contributed by atoms with Crippen molar-refractivity contribution in [3.63, 3.8) is 0 Å². The number of methoxy groups -OCH3 is 1. The molecule has 1 unspecified atom stereocenters. The Balaban J connectivity index is 2.07. The summed E-state index contributed by atoms with van der Waals surface area (Å²) in [6.45, 7) is 0. The summed E-state index contributed by atoms with van der Waals surface area (Å²) in [5.41, 5.74) is 4.28. The van der Waals surface area contributed by atoms with Crippen LogP contribution in [-0.4, -0.2) is 7.11 Å². The third kappa shape index (κ3) is 1.72. The third-order valence-corrected chi connectivity index (χ3v) is 3.65. The number of hydrogen-bond acceptors (Lipinski definition) is 1. The minimum absolute atomic E-state index is 0.502. The molecule has 0 aliphatic heterocycles. The topological polar surface area (TPSA) is 9.23 Å². The lowest BCUT2D eigenvalue weighted by Crippen LogP contribution is -1.99. The highest BCUT2D eigenvalue weighted by Crippen LogP contribution is 2.41. The molecule has 0 saturated heterocycles. The van der Waals surface area contributed by atoms with E-state index in [2.05, 4.69) is 42.5 Å². The van der Waals surface area contributed by atoms with E-state index in [1.54, 1.807) is 7.11 Å². The van der Waals surface area contributed by atoms with Crippen LogP contribution in [0.4, 0.5) is 0 Å². The molecular formula is C16H16O. The van der Waals surface area contributed by atoms with Gasteiger partial charge in [0.15, 0.2) is 0 Å². The average molecular weight is 224 g/mol. The van der Waals surface area contributed by atoms with E-state index < -0.39 is 0 Å². The van der Waals surface area contributed by atoms with Gasteiger partial charge in [-0.25, -0.2) is 0 Å². The van der Waals surface area contributed by atoms with Crippen LogP contribution in [-0.2, 0) is 6.42 Å². The molecule has 1 aliphatic rings. The van der Waals surface area contributed by atoms with E-state index >= 15 is 0 Å². The quantitative estimate of drug-likeness (QED) is 0.754. The van der Waals surface area contributed by atoms with Crippen LogP contribution < -0.4 is 4.74 Å². The van der Waals surface area contributed by atoms with Crippen molar-refractivity contribution in [2.45, 2.75) is 18.8 Å². The van der Waals surface area contributed by atoms with Crippen molar-refractivity contribution in [2.24, 2.45) is 0 Å². The number of hydrogen-bond donors (Lipinski definition) is 0. The summed E-state index contributed by atoms with van der Waals surface area (Å²) < 4.78 is 5.47. The standard InChI is InChI=1S/C16H16O/c1-17-16-9-5-4-8-15(16)14-11-10-12-6-2-3-7-13(12)14/h2-9,14H,10-11H2,1H3. The van der Waals surface area contributed by atoms with E-state index in [4.69, 9.17) is 4.74 Å². The highest BCUT2D eigenvalue weighted by Gasteiger charge is 2.25. The first-order valence-electron chi connectivity index (χ1n) is 6.11. The van der Waals surface area contributed by atoms with Gasteiger partial charge in [-0.3, -0.25) is 0 Å². The predicted molar refractivity (Wildman–Crippen MR) is 69.6 cm³/mol. The SMILES string of the molecule is COc1ccccc1C1CCc2ccccc21. The molecule has 2 aromatic carbocycles. The van der Waals surface area contributed by atoms with E-state index in [9.17, 15) is 0 Å². The first-order chi connectivity index (χ1) is 8.40. The monoisotopic (exact) mass is 224 g/mol. The van der Waals surface area contributed by atoms with Crippen molar-refractivity contribution < 1.29 is 4.74 Å². The largest absolute Gasteiger partial charge is 0.496 e. The number of fused-ring (bicyclic) bond motifs is 1. The van der Waals surface area contributed by atoms with E-state index in [1.165, 1.54) is 29.5 Å². The zero-order valence-electron chi connectivity index (χ0n) is 10.0. The Labute approximate surface area is 102 Å². The molecule has 0 saturated carbocycles. The Morgan fingerprint density at radius 3 is 2.47 bits per heavy atom. The van der Waals surface area contributed by atoms with Crippen LogP contribution in [0.3, 0.4) is 0 Å². The molecule has 0 amide bonds. The van der Waals surface area contributed by atoms with Crippen molar-refractivity contribution in [1.82, 2.24) is 0 Å². The Morgan fingerprint density at radius 2 is 1.65 bits per heavy atom. The Bertz CT molecular complexity index is 531. The molecule has 1 aliphatic carbocycles. The van der Waals surface area contributed by atoms with Crippen molar-refractivity contribution in [3.8, 4) is 5.75 Å². The van der Waals surface area contributed by atoms with Crippen LogP contribution in [0.5, 0.6) is 5.75 Å². The summed E-state index contributed by atoms with van der Waals surface area (Å²) in [5, 5.41) is 0. The smallest absolute Gasteiger partial charge is 0.122 e. The molecule has 17 heavy (non-hydrogen) atoms. The minimum atomic E-state index is 0.502. The number of aryl methyl sites for hydroxylation is 1. The second-order valence-corrected chi connectivity index (χ2v) is 4.53. The summed E-state index contributed by atoms with van der Waals surface area (Å²) in [6.07, 6.45) is 2.37. The Kier molecular flexibility index (Phi) is 2.60. The lowest BCUT2D eigenvalue weighted by atomic mass is 9.92. The molecule has 0 bridgehead atoms. The molecule has 0 radical (unpaired) electrons. The lowest BCUT2D eigenvalue weighted by Gasteiger charge is -2.15. The van der Waals surface area contributed by atoms with Crippen LogP contribution in [0, 0.1) is 0 Å². The van der Waals surface area contributed by atoms with Crippen LogP contribution in [0.1, 0.15) is 29.0 Å². The maximum Gasteiger partial charge on any atom is 0.122 e. The lowest BCUT2D eigenvalue weighted by molar-refractivity contribution is 0.407. The van der Waals surface area contributed by atoms with Crippen LogP contribution in [0.15, 0.2) is 48.5 Å². The zero-order chi connectivity index (χ0) is 11.7. The van der Waals surface area contributed by atoms with Gasteiger partial charge in [-0.05, 0) is 30.0 Å². The van der Waals surface area contributed by atoms with Crippen LogP contribution in [0.25, 0.3) is 0 Å². The number of ether oxygens (including phenoxy) is 1. The molecule has 3 rings (SSSR count). The molecule has 1 nitrogen and oxygen atoms in total. The maximum absolute atomic E-state index is 5.47. The third-order valence-electron chi connectivity index (χ3n) is 3.65. The fraction of sp³-hybridized carbons (Fsp3) is 0.250. The fourth-order valence-corrected chi connectivity index (χ4v) is 2.83. The van der Waals surface area contributed by atoms with E-state index in [1.807, 2.05) is 6.07 Å². The highest BCUT2D eigenvalue weighted by molar-refractivity contribution is 5.47. The number of benzene rings is 2. The summed E-state index contributed by atoms with van der Waals surface area (Å²) in [6, 6.07) is 17.1. The Morgan fingerprint density at radius 1 is 0.941 bits per heavy atom. The van der Waals surface area contributed by atoms with Gasteiger partial charge in [-0.2, -0.15) is 0 Å². The second kappa shape index (κ2) is 4.25. The molecule has 0 heterocycles. The van der Waals surface area contributed by atoms with Gasteiger partial charge in [0.2, 0.25) is 0 Å². The first-order valence-corrected chi connectivity index (χ1v) is 6.11. The van der Waals surface area contributed by atoms with E-state index in [0.29, 0.717) is 5.92 Å². The first kappa shape index (κ1) is 10.4. The normalized spacial score (nSPS) is 17.8. The highest BCUT2D eigenvalue weighted by atomic mass is 16.5. The van der Waals surface area contributed by atoms with E-state index in [-0.39, 0.29) is 0 Å². The molecule has 2 aromatic rings. The van der Waals surface area contributed by atoms with Gasteiger partial charge in [-0.1, -0.05) is 42.5 Å².